The molecule has 30 heavy (non-hydrogen) atoms. The molecule has 0 aliphatic carbocycles. The van der Waals surface area contributed by atoms with Crippen LogP contribution in [0.5, 0.6) is 0 Å². The van der Waals surface area contributed by atoms with Crippen LogP contribution in [0.25, 0.3) is 11.6 Å². The van der Waals surface area contributed by atoms with Gasteiger partial charge in [-0.25, -0.2) is 0 Å². The van der Waals surface area contributed by atoms with Crippen LogP contribution in [0, 0.1) is 13.8 Å². The molecule has 0 radical (unpaired) electrons. The van der Waals surface area contributed by atoms with Gasteiger partial charge in [-0.3, -0.25) is 9.36 Å². The topological polar surface area (TPSA) is 67.4 Å². The molecule has 1 aliphatic heterocycles. The van der Waals surface area contributed by atoms with E-state index in [0.29, 0.717) is 23.9 Å². The van der Waals surface area contributed by atoms with Crippen LogP contribution >= 0.6 is 11.8 Å². The summed E-state index contributed by atoms with van der Waals surface area (Å²) in [6.45, 7) is 10.3. The molecule has 1 aromatic carbocycles. The Bertz CT molecular complexity index is 1010. The molecular formula is C22H27N5O2S. The molecule has 8 heteroatoms. The summed E-state index contributed by atoms with van der Waals surface area (Å²) in [6.07, 6.45) is 1.62. The maximum atomic E-state index is 12.8. The molecule has 158 valence electrons. The van der Waals surface area contributed by atoms with Gasteiger partial charge in [0.1, 0.15) is 0 Å². The van der Waals surface area contributed by atoms with Crippen LogP contribution in [0.2, 0.25) is 0 Å². The summed E-state index contributed by atoms with van der Waals surface area (Å²) in [6, 6.07) is 10.1. The Labute approximate surface area is 181 Å². The molecule has 0 saturated carbocycles. The molecule has 3 aromatic rings. The normalized spacial score (nSPS) is 14.4. The number of aryl methyl sites for hydroxylation is 1. The second-order valence-corrected chi connectivity index (χ2v) is 8.35. The first-order valence-electron chi connectivity index (χ1n) is 10.3. The van der Waals surface area contributed by atoms with Crippen LogP contribution in [-0.2, 0) is 11.3 Å². The fraction of sp³-hybridized carbons (Fsp3) is 0.409. The molecule has 0 spiro atoms. The Morgan fingerprint density at radius 1 is 1.10 bits per heavy atom. The molecule has 0 bridgehead atoms. The highest BCUT2D eigenvalue weighted by molar-refractivity contribution is 7.99. The molecule has 2 aromatic heterocycles. The lowest BCUT2D eigenvalue weighted by atomic mass is 10.1. The molecule has 1 aliphatic rings. The summed E-state index contributed by atoms with van der Waals surface area (Å²) >= 11 is 1.44. The number of thioether (sulfide) groups is 1. The predicted molar refractivity (Wildman–Crippen MR) is 119 cm³/mol. The molecule has 0 N–H and O–H groups in total. The van der Waals surface area contributed by atoms with Crippen molar-refractivity contribution in [3.63, 3.8) is 0 Å². The van der Waals surface area contributed by atoms with Gasteiger partial charge in [0.05, 0.1) is 12.0 Å². The monoisotopic (exact) mass is 425 g/mol. The third-order valence-electron chi connectivity index (χ3n) is 5.65. The van der Waals surface area contributed by atoms with E-state index in [4.69, 9.17) is 4.42 Å². The Hall–Kier alpha value is -2.74. The highest BCUT2D eigenvalue weighted by atomic mass is 32.2. The number of piperazine rings is 1. The van der Waals surface area contributed by atoms with Crippen molar-refractivity contribution in [2.45, 2.75) is 32.5 Å². The fourth-order valence-electron chi connectivity index (χ4n) is 3.76. The minimum Gasteiger partial charge on any atom is -0.461 e. The summed E-state index contributed by atoms with van der Waals surface area (Å²) in [5.41, 5.74) is 3.90. The van der Waals surface area contributed by atoms with Crippen molar-refractivity contribution in [3.05, 3.63) is 47.7 Å². The highest BCUT2D eigenvalue weighted by Gasteiger charge is 2.23. The molecule has 0 unspecified atom stereocenters. The zero-order chi connectivity index (χ0) is 21.1. The van der Waals surface area contributed by atoms with Gasteiger partial charge in [0.25, 0.3) is 0 Å². The average Bonchev–Trinajstić information content (AvgIpc) is 3.43. The van der Waals surface area contributed by atoms with E-state index in [9.17, 15) is 4.79 Å². The number of anilines is 1. The number of hydrogen-bond acceptors (Lipinski definition) is 6. The zero-order valence-electron chi connectivity index (χ0n) is 17.7. The first kappa shape index (κ1) is 20.5. The Balaban J connectivity index is 1.34. The first-order valence-corrected chi connectivity index (χ1v) is 11.3. The van der Waals surface area contributed by atoms with Crippen LogP contribution in [-0.4, -0.2) is 57.5 Å². The minimum atomic E-state index is 0.144. The van der Waals surface area contributed by atoms with Crippen molar-refractivity contribution in [3.8, 4) is 11.6 Å². The largest absolute Gasteiger partial charge is 0.461 e. The summed E-state index contributed by atoms with van der Waals surface area (Å²) in [7, 11) is 0. The van der Waals surface area contributed by atoms with Crippen molar-refractivity contribution in [1.29, 1.82) is 0 Å². The van der Waals surface area contributed by atoms with Crippen molar-refractivity contribution in [2.75, 3.05) is 36.8 Å². The Morgan fingerprint density at radius 3 is 2.60 bits per heavy atom. The number of hydrogen-bond donors (Lipinski definition) is 0. The lowest BCUT2D eigenvalue weighted by Gasteiger charge is -2.37. The predicted octanol–water partition coefficient (Wildman–Crippen LogP) is 3.62. The number of benzene rings is 1. The van der Waals surface area contributed by atoms with Crippen molar-refractivity contribution in [1.82, 2.24) is 19.7 Å². The number of carbonyl (C=O) groups excluding carboxylic acids is 1. The second-order valence-electron chi connectivity index (χ2n) is 7.40. The SMILES string of the molecule is CCn1c(SCC(=O)N2CCN(c3cccc(C)c3C)CC2)nnc1-c1ccco1. The maximum Gasteiger partial charge on any atom is 0.233 e. The molecule has 1 amide bonds. The molecule has 0 atom stereocenters. The van der Waals surface area contributed by atoms with E-state index in [1.165, 1.54) is 28.6 Å². The standard InChI is InChI=1S/C22H27N5O2S/c1-4-27-21(19-9-6-14-29-19)23-24-22(27)30-15-20(28)26-12-10-25(11-13-26)18-8-5-7-16(2)17(18)3/h5-9,14H,4,10-13,15H2,1-3H3. The number of carbonyl (C=O) groups is 1. The van der Waals surface area contributed by atoms with E-state index >= 15 is 0 Å². The van der Waals surface area contributed by atoms with E-state index in [-0.39, 0.29) is 5.91 Å². The summed E-state index contributed by atoms with van der Waals surface area (Å²) in [5, 5.41) is 9.25. The molecule has 1 fully saturated rings. The number of nitrogens with zero attached hydrogens (tertiary/aromatic N) is 5. The highest BCUT2D eigenvalue weighted by Crippen LogP contribution is 2.26. The van der Waals surface area contributed by atoms with Gasteiger partial charge in [0.15, 0.2) is 16.7 Å². The van der Waals surface area contributed by atoms with Gasteiger partial charge in [-0.15, -0.1) is 10.2 Å². The zero-order valence-corrected chi connectivity index (χ0v) is 18.5. The number of rotatable bonds is 6. The van der Waals surface area contributed by atoms with Crippen LogP contribution < -0.4 is 4.90 Å². The van der Waals surface area contributed by atoms with Gasteiger partial charge in [-0.2, -0.15) is 0 Å². The van der Waals surface area contributed by atoms with Gasteiger partial charge in [0, 0.05) is 38.4 Å². The third kappa shape index (κ3) is 4.09. The minimum absolute atomic E-state index is 0.144. The lowest BCUT2D eigenvalue weighted by molar-refractivity contribution is -0.128. The van der Waals surface area contributed by atoms with Crippen molar-refractivity contribution < 1.29 is 9.21 Å². The van der Waals surface area contributed by atoms with Crippen molar-refractivity contribution >= 4 is 23.4 Å². The Kier molecular flexibility index (Phi) is 6.13. The van der Waals surface area contributed by atoms with E-state index in [2.05, 4.69) is 47.1 Å². The lowest BCUT2D eigenvalue weighted by Crippen LogP contribution is -2.49. The molecule has 4 rings (SSSR count). The van der Waals surface area contributed by atoms with Gasteiger partial charge >= 0.3 is 0 Å². The van der Waals surface area contributed by atoms with Gasteiger partial charge < -0.3 is 14.2 Å². The summed E-state index contributed by atoms with van der Waals surface area (Å²) < 4.78 is 7.43. The average molecular weight is 426 g/mol. The van der Waals surface area contributed by atoms with Gasteiger partial charge in [-0.1, -0.05) is 23.9 Å². The van der Waals surface area contributed by atoms with Crippen LogP contribution in [0.15, 0.2) is 46.2 Å². The number of aromatic nitrogens is 3. The first-order chi connectivity index (χ1) is 14.6. The van der Waals surface area contributed by atoms with Crippen LogP contribution in [0.3, 0.4) is 0 Å². The third-order valence-corrected chi connectivity index (χ3v) is 6.60. The molecule has 7 nitrogen and oxygen atoms in total. The molecular weight excluding hydrogens is 398 g/mol. The van der Waals surface area contributed by atoms with Crippen LogP contribution in [0.1, 0.15) is 18.1 Å². The van der Waals surface area contributed by atoms with E-state index in [1.54, 1.807) is 6.26 Å². The van der Waals surface area contributed by atoms with Gasteiger partial charge in [-0.05, 0) is 50.1 Å². The fourth-order valence-corrected chi connectivity index (χ4v) is 4.67. The van der Waals surface area contributed by atoms with Gasteiger partial charge in [0.2, 0.25) is 5.91 Å². The smallest absolute Gasteiger partial charge is 0.233 e. The second kappa shape index (κ2) is 8.95. The van der Waals surface area contributed by atoms with E-state index in [1.807, 2.05) is 28.5 Å². The summed E-state index contributed by atoms with van der Waals surface area (Å²) in [5.74, 6) is 1.88. The van der Waals surface area contributed by atoms with E-state index in [0.717, 1.165) is 31.3 Å². The number of amides is 1. The maximum absolute atomic E-state index is 12.8. The quantitative estimate of drug-likeness (QED) is 0.562. The Morgan fingerprint density at radius 2 is 1.90 bits per heavy atom. The van der Waals surface area contributed by atoms with Crippen LogP contribution in [0.4, 0.5) is 5.69 Å². The van der Waals surface area contributed by atoms with E-state index < -0.39 is 0 Å². The molecule has 3 heterocycles. The van der Waals surface area contributed by atoms with Crippen molar-refractivity contribution in [2.24, 2.45) is 0 Å². The number of furan rings is 1. The molecule has 1 saturated heterocycles. The summed E-state index contributed by atoms with van der Waals surface area (Å²) in [4.78, 5) is 17.1.